The molecule has 1 amide bonds. The number of carbonyl (C=O) groups is 2. The molecule has 1 unspecified atom stereocenters. The molecule has 0 fully saturated rings. The van der Waals surface area contributed by atoms with Crippen molar-refractivity contribution in [3.63, 3.8) is 0 Å². The predicted molar refractivity (Wildman–Crippen MR) is 82.3 cm³/mol. The molecule has 0 aliphatic rings. The average molecular weight is 279 g/mol. The molecular formula is C15H25N3O2. The van der Waals surface area contributed by atoms with E-state index in [1.54, 1.807) is 14.0 Å². The third-order valence-electron chi connectivity index (χ3n) is 2.60. The number of hydrazine groups is 1. The maximum Gasteiger partial charge on any atom is 0.240 e. The van der Waals surface area contributed by atoms with Crippen LogP contribution in [-0.4, -0.2) is 24.8 Å². The van der Waals surface area contributed by atoms with Crippen LogP contribution >= 0.6 is 0 Å². The molecule has 5 heteroatoms. The van der Waals surface area contributed by atoms with Crippen molar-refractivity contribution in [3.8, 4) is 0 Å². The molecule has 0 aliphatic carbocycles. The van der Waals surface area contributed by atoms with Gasteiger partial charge in [0.15, 0.2) is 0 Å². The van der Waals surface area contributed by atoms with Gasteiger partial charge in [-0.2, -0.15) is 0 Å². The van der Waals surface area contributed by atoms with Gasteiger partial charge in [0.2, 0.25) is 5.91 Å². The van der Waals surface area contributed by atoms with Crippen LogP contribution < -0.4 is 16.2 Å². The van der Waals surface area contributed by atoms with Crippen LogP contribution in [0.15, 0.2) is 30.3 Å². The van der Waals surface area contributed by atoms with Gasteiger partial charge in [0.25, 0.3) is 0 Å². The van der Waals surface area contributed by atoms with Crippen molar-refractivity contribution in [1.29, 1.82) is 0 Å². The standard InChI is InChI=1S/C13H19N3O2.C2H6/c1-3-12(17)11(14-2)9-13(18)16-15-10-7-5-4-6-8-10;1-2/h4-8,11,14-15H,3,9H2,1-2H3,(H,16,18);1-2H3. The fraction of sp³-hybridized carbons (Fsp3) is 0.467. The van der Waals surface area contributed by atoms with E-state index in [0.29, 0.717) is 6.42 Å². The molecule has 0 aromatic heterocycles. The molecule has 112 valence electrons. The topological polar surface area (TPSA) is 70.2 Å². The highest BCUT2D eigenvalue weighted by Gasteiger charge is 2.17. The summed E-state index contributed by atoms with van der Waals surface area (Å²) < 4.78 is 0. The van der Waals surface area contributed by atoms with Crippen molar-refractivity contribution in [1.82, 2.24) is 10.7 Å². The van der Waals surface area contributed by atoms with Gasteiger partial charge in [-0.25, -0.2) is 0 Å². The molecule has 0 spiro atoms. The molecule has 0 saturated heterocycles. The van der Waals surface area contributed by atoms with Crippen LogP contribution in [0.1, 0.15) is 33.6 Å². The summed E-state index contributed by atoms with van der Waals surface area (Å²) in [5.74, 6) is -0.188. The Bertz CT molecular complexity index is 393. The molecule has 5 nitrogen and oxygen atoms in total. The van der Waals surface area contributed by atoms with Crippen LogP contribution in [-0.2, 0) is 9.59 Å². The molecule has 1 rings (SSSR count). The lowest BCUT2D eigenvalue weighted by molar-refractivity contribution is -0.126. The minimum absolute atomic E-state index is 0.0346. The lowest BCUT2D eigenvalue weighted by Gasteiger charge is -2.14. The van der Waals surface area contributed by atoms with E-state index in [0.717, 1.165) is 5.69 Å². The first-order chi connectivity index (χ1) is 9.67. The molecule has 0 saturated carbocycles. The van der Waals surface area contributed by atoms with Crippen molar-refractivity contribution < 1.29 is 9.59 Å². The second-order valence-corrected chi connectivity index (χ2v) is 3.90. The van der Waals surface area contributed by atoms with Crippen molar-refractivity contribution in [3.05, 3.63) is 30.3 Å². The molecular weight excluding hydrogens is 254 g/mol. The van der Waals surface area contributed by atoms with E-state index < -0.39 is 6.04 Å². The Morgan fingerprint density at radius 3 is 2.25 bits per heavy atom. The fourth-order valence-corrected chi connectivity index (χ4v) is 1.52. The highest BCUT2D eigenvalue weighted by atomic mass is 16.2. The van der Waals surface area contributed by atoms with Gasteiger partial charge in [0.1, 0.15) is 5.78 Å². The predicted octanol–water partition coefficient (Wildman–Crippen LogP) is 2.11. The zero-order valence-corrected chi connectivity index (χ0v) is 12.7. The van der Waals surface area contributed by atoms with E-state index in [1.807, 2.05) is 44.2 Å². The molecule has 1 atom stereocenters. The number of benzene rings is 1. The summed E-state index contributed by atoms with van der Waals surface area (Å²) in [6.07, 6.45) is 0.550. The molecule has 0 aliphatic heterocycles. The number of ketones is 1. The Kier molecular flexibility index (Phi) is 9.96. The van der Waals surface area contributed by atoms with Crippen LogP contribution in [0.3, 0.4) is 0 Å². The van der Waals surface area contributed by atoms with Gasteiger partial charge >= 0.3 is 0 Å². The number of Topliss-reactive ketones (excluding diaryl/α,β-unsaturated/α-hetero) is 1. The molecule has 0 heterocycles. The molecule has 0 bridgehead atoms. The number of hydrogen-bond donors (Lipinski definition) is 3. The van der Waals surface area contributed by atoms with Crippen molar-refractivity contribution in [2.45, 2.75) is 39.7 Å². The van der Waals surface area contributed by atoms with E-state index in [2.05, 4.69) is 16.2 Å². The van der Waals surface area contributed by atoms with E-state index in [9.17, 15) is 9.59 Å². The normalized spacial score (nSPS) is 10.8. The van der Waals surface area contributed by atoms with E-state index >= 15 is 0 Å². The minimum atomic E-state index is -0.424. The van der Waals surface area contributed by atoms with Crippen LogP contribution in [0, 0.1) is 0 Å². The fourth-order valence-electron chi connectivity index (χ4n) is 1.52. The van der Waals surface area contributed by atoms with Gasteiger partial charge in [-0.15, -0.1) is 0 Å². The number of nitrogens with one attached hydrogen (secondary N) is 3. The maximum atomic E-state index is 11.6. The van der Waals surface area contributed by atoms with Crippen LogP contribution in [0.5, 0.6) is 0 Å². The summed E-state index contributed by atoms with van der Waals surface area (Å²) in [7, 11) is 1.68. The first-order valence-corrected chi connectivity index (χ1v) is 6.97. The van der Waals surface area contributed by atoms with Gasteiger partial charge in [-0.1, -0.05) is 39.0 Å². The van der Waals surface area contributed by atoms with Crippen molar-refractivity contribution >= 4 is 17.4 Å². The summed E-state index contributed by atoms with van der Waals surface area (Å²) in [6.45, 7) is 5.78. The van der Waals surface area contributed by atoms with Crippen molar-refractivity contribution in [2.24, 2.45) is 0 Å². The summed E-state index contributed by atoms with van der Waals surface area (Å²) in [5.41, 5.74) is 6.15. The Morgan fingerprint density at radius 1 is 1.15 bits per heavy atom. The summed E-state index contributed by atoms with van der Waals surface area (Å²) in [5, 5.41) is 2.84. The SMILES string of the molecule is CC.CCC(=O)C(CC(=O)NNc1ccccc1)NC. The van der Waals surface area contributed by atoms with Gasteiger partial charge in [0.05, 0.1) is 18.2 Å². The Balaban J connectivity index is 0.00000172. The number of para-hydroxylation sites is 1. The van der Waals surface area contributed by atoms with Gasteiger partial charge in [-0.3, -0.25) is 20.4 Å². The number of anilines is 1. The maximum absolute atomic E-state index is 11.6. The van der Waals surface area contributed by atoms with Gasteiger partial charge in [-0.05, 0) is 19.2 Å². The quantitative estimate of drug-likeness (QED) is 0.669. The van der Waals surface area contributed by atoms with Crippen molar-refractivity contribution in [2.75, 3.05) is 12.5 Å². The van der Waals surface area contributed by atoms with Crippen LogP contribution in [0.25, 0.3) is 0 Å². The Labute approximate surface area is 121 Å². The number of rotatable bonds is 7. The van der Waals surface area contributed by atoms with Gasteiger partial charge < -0.3 is 5.32 Å². The summed E-state index contributed by atoms with van der Waals surface area (Å²) in [6, 6.07) is 8.88. The molecule has 3 N–H and O–H groups in total. The minimum Gasteiger partial charge on any atom is -0.310 e. The largest absolute Gasteiger partial charge is 0.310 e. The summed E-state index contributed by atoms with van der Waals surface area (Å²) >= 11 is 0. The zero-order valence-electron chi connectivity index (χ0n) is 12.7. The molecule has 1 aromatic rings. The number of hydrogen-bond acceptors (Lipinski definition) is 4. The molecule has 1 aromatic carbocycles. The smallest absolute Gasteiger partial charge is 0.240 e. The second-order valence-electron chi connectivity index (χ2n) is 3.90. The Morgan fingerprint density at radius 2 is 1.75 bits per heavy atom. The third kappa shape index (κ3) is 6.89. The van der Waals surface area contributed by atoms with Crippen LogP contribution in [0.4, 0.5) is 5.69 Å². The third-order valence-corrected chi connectivity index (χ3v) is 2.60. The van der Waals surface area contributed by atoms with E-state index in [-0.39, 0.29) is 18.1 Å². The number of amides is 1. The molecule has 0 radical (unpaired) electrons. The number of likely N-dealkylation sites (N-methyl/N-ethyl adjacent to an activating group) is 1. The lowest BCUT2D eigenvalue weighted by atomic mass is 10.1. The number of carbonyl (C=O) groups excluding carboxylic acids is 2. The highest BCUT2D eigenvalue weighted by molar-refractivity contribution is 5.89. The first-order valence-electron chi connectivity index (χ1n) is 6.97. The average Bonchev–Trinajstić information content (AvgIpc) is 2.52. The Hall–Kier alpha value is -1.88. The van der Waals surface area contributed by atoms with Gasteiger partial charge in [0, 0.05) is 6.42 Å². The lowest BCUT2D eigenvalue weighted by Crippen LogP contribution is -2.40. The summed E-state index contributed by atoms with van der Waals surface area (Å²) in [4.78, 5) is 23.1. The zero-order chi connectivity index (χ0) is 15.4. The van der Waals surface area contributed by atoms with E-state index in [4.69, 9.17) is 0 Å². The second kappa shape index (κ2) is 11.0. The van der Waals surface area contributed by atoms with Crippen LogP contribution in [0.2, 0.25) is 0 Å². The van der Waals surface area contributed by atoms with E-state index in [1.165, 1.54) is 0 Å². The monoisotopic (exact) mass is 279 g/mol. The first kappa shape index (κ1) is 18.1. The highest BCUT2D eigenvalue weighted by Crippen LogP contribution is 2.03. The molecule has 20 heavy (non-hydrogen) atoms.